The molecule has 6 nitrogen and oxygen atoms in total. The van der Waals surface area contributed by atoms with Crippen LogP contribution in [0.5, 0.6) is 0 Å². The number of methoxy groups -OCH3 is 1. The van der Waals surface area contributed by atoms with E-state index in [4.69, 9.17) is 16.3 Å². The third-order valence-corrected chi connectivity index (χ3v) is 4.44. The van der Waals surface area contributed by atoms with Crippen LogP contribution in [0, 0.1) is 0 Å². The van der Waals surface area contributed by atoms with Gasteiger partial charge in [-0.05, 0) is 11.6 Å². The van der Waals surface area contributed by atoms with Crippen molar-refractivity contribution in [1.82, 2.24) is 5.32 Å². The molecule has 1 aromatic carbocycles. The van der Waals surface area contributed by atoms with Crippen LogP contribution in [0.4, 0.5) is 4.79 Å². The first kappa shape index (κ1) is 21.1. The Balaban J connectivity index is 2.58. The van der Waals surface area contributed by atoms with Crippen LogP contribution in [0.15, 0.2) is 36.9 Å². The summed E-state index contributed by atoms with van der Waals surface area (Å²) in [5.41, 5.74) is 0.907. The molecule has 0 aliphatic heterocycles. The lowest BCUT2D eigenvalue weighted by molar-refractivity contribution is -0.142. The third-order valence-electron chi connectivity index (χ3n) is 3.07. The number of carbonyl (C=O) groups is 3. The number of carbonyl (C=O) groups excluding carboxylic acids is 3. The molecule has 0 bridgehead atoms. The molecule has 0 aromatic heterocycles. The van der Waals surface area contributed by atoms with Crippen molar-refractivity contribution in [3.05, 3.63) is 47.5 Å². The summed E-state index contributed by atoms with van der Waals surface area (Å²) in [4.78, 5) is 35.4. The Morgan fingerprint density at radius 1 is 1.36 bits per heavy atom. The molecule has 0 saturated carbocycles. The van der Waals surface area contributed by atoms with E-state index in [1.807, 2.05) is 18.2 Å². The molecule has 136 valence electrons. The maximum absolute atomic E-state index is 12.3. The van der Waals surface area contributed by atoms with Crippen molar-refractivity contribution in [2.45, 2.75) is 18.2 Å². The maximum Gasteiger partial charge on any atom is 0.408 e. The Morgan fingerprint density at radius 2 is 2.08 bits per heavy atom. The number of halogens is 1. The summed E-state index contributed by atoms with van der Waals surface area (Å²) in [6.07, 6.45) is 0.347. The van der Waals surface area contributed by atoms with Crippen molar-refractivity contribution >= 4 is 41.2 Å². The lowest BCUT2D eigenvalue weighted by Crippen LogP contribution is -2.43. The van der Waals surface area contributed by atoms with Gasteiger partial charge in [0.05, 0.1) is 19.3 Å². The monoisotopic (exact) mass is 385 g/mol. The molecule has 25 heavy (non-hydrogen) atoms. The van der Waals surface area contributed by atoms with E-state index in [2.05, 4.69) is 16.6 Å². The van der Waals surface area contributed by atoms with Crippen LogP contribution in [0.25, 0.3) is 0 Å². The van der Waals surface area contributed by atoms with Gasteiger partial charge in [0, 0.05) is 10.8 Å². The van der Waals surface area contributed by atoms with Gasteiger partial charge in [-0.3, -0.25) is 9.59 Å². The Bertz CT molecular complexity index is 623. The van der Waals surface area contributed by atoms with E-state index in [0.29, 0.717) is 10.8 Å². The van der Waals surface area contributed by atoms with Crippen LogP contribution >= 0.6 is 23.4 Å². The average molecular weight is 386 g/mol. The van der Waals surface area contributed by atoms with Crippen LogP contribution in [-0.2, 0) is 24.8 Å². The van der Waals surface area contributed by atoms with Crippen LogP contribution in [0.3, 0.4) is 0 Å². The summed E-state index contributed by atoms with van der Waals surface area (Å²) >= 11 is 7.41. The molecule has 0 aliphatic rings. The quantitative estimate of drug-likeness (QED) is 0.492. The first-order chi connectivity index (χ1) is 12.0. The number of ether oxygens (including phenoxy) is 2. The van der Waals surface area contributed by atoms with E-state index in [0.717, 1.165) is 5.56 Å². The lowest BCUT2D eigenvalue weighted by Gasteiger charge is -2.16. The van der Waals surface area contributed by atoms with Gasteiger partial charge >= 0.3 is 12.1 Å². The molecule has 1 amide bonds. The van der Waals surface area contributed by atoms with Crippen molar-refractivity contribution in [2.75, 3.05) is 19.5 Å². The minimum absolute atomic E-state index is 0.00617. The highest BCUT2D eigenvalue weighted by Gasteiger charge is 2.24. The Kier molecular flexibility index (Phi) is 9.72. The Hall–Kier alpha value is -1.99. The first-order valence-corrected chi connectivity index (χ1v) is 8.96. The molecule has 0 aliphatic carbocycles. The highest BCUT2D eigenvalue weighted by molar-refractivity contribution is 7.99. The predicted octanol–water partition coefficient (Wildman–Crippen LogP) is 2.99. The summed E-state index contributed by atoms with van der Waals surface area (Å²) < 4.78 is 9.34. The SMILES string of the molecule is C=CCOC(=O)N[C@@H](CC(=O)OC)C(=O)CSCc1ccccc1Cl. The van der Waals surface area contributed by atoms with Gasteiger partial charge in [0.15, 0.2) is 5.78 Å². The van der Waals surface area contributed by atoms with Gasteiger partial charge in [-0.25, -0.2) is 4.79 Å². The number of amides is 1. The van der Waals surface area contributed by atoms with Gasteiger partial charge in [-0.15, -0.1) is 11.8 Å². The summed E-state index contributed by atoms with van der Waals surface area (Å²) in [5, 5.41) is 3.00. The topological polar surface area (TPSA) is 81.7 Å². The molecular formula is C17H20ClNO5S. The number of benzene rings is 1. The fourth-order valence-electron chi connectivity index (χ4n) is 1.79. The number of thioether (sulfide) groups is 1. The molecule has 0 heterocycles. The summed E-state index contributed by atoms with van der Waals surface area (Å²) in [7, 11) is 1.21. The van der Waals surface area contributed by atoms with Crippen molar-refractivity contribution < 1.29 is 23.9 Å². The lowest BCUT2D eigenvalue weighted by atomic mass is 10.1. The number of alkyl carbamates (subject to hydrolysis) is 1. The molecule has 1 rings (SSSR count). The van der Waals surface area contributed by atoms with Gasteiger partial charge in [0.1, 0.15) is 12.6 Å². The molecule has 0 fully saturated rings. The zero-order chi connectivity index (χ0) is 18.7. The van der Waals surface area contributed by atoms with E-state index in [1.54, 1.807) is 6.07 Å². The van der Waals surface area contributed by atoms with Crippen LogP contribution in [0.1, 0.15) is 12.0 Å². The highest BCUT2D eigenvalue weighted by Crippen LogP contribution is 2.21. The second-order valence-electron chi connectivity index (χ2n) is 4.91. The molecule has 0 spiro atoms. The minimum atomic E-state index is -1.01. The fraction of sp³-hybridized carbons (Fsp3) is 0.353. The summed E-state index contributed by atoms with van der Waals surface area (Å²) in [5.74, 6) is -0.261. The van der Waals surface area contributed by atoms with E-state index < -0.39 is 18.1 Å². The van der Waals surface area contributed by atoms with Crippen molar-refractivity contribution in [2.24, 2.45) is 0 Å². The maximum atomic E-state index is 12.3. The largest absolute Gasteiger partial charge is 0.469 e. The van der Waals surface area contributed by atoms with Crippen LogP contribution in [0.2, 0.25) is 5.02 Å². The number of ketones is 1. The minimum Gasteiger partial charge on any atom is -0.469 e. The van der Waals surface area contributed by atoms with Gasteiger partial charge in [-0.1, -0.05) is 42.5 Å². The molecule has 1 atom stereocenters. The zero-order valence-electron chi connectivity index (χ0n) is 13.8. The smallest absolute Gasteiger partial charge is 0.408 e. The third kappa shape index (κ3) is 8.09. The van der Waals surface area contributed by atoms with E-state index in [9.17, 15) is 14.4 Å². The van der Waals surface area contributed by atoms with Crippen LogP contribution < -0.4 is 5.32 Å². The highest BCUT2D eigenvalue weighted by atomic mass is 35.5. The van der Waals surface area contributed by atoms with Gasteiger partial charge in [0.25, 0.3) is 0 Å². The molecule has 0 radical (unpaired) electrons. The number of esters is 1. The standard InChI is InChI=1S/C17H20ClNO5S/c1-3-8-24-17(22)19-14(9-16(21)23-2)15(20)11-25-10-12-6-4-5-7-13(12)18/h3-7,14H,1,8-11H2,2H3,(H,19,22)/t14-/m0/s1. The average Bonchev–Trinajstić information content (AvgIpc) is 2.60. The Labute approximate surface area is 155 Å². The van der Waals surface area contributed by atoms with E-state index >= 15 is 0 Å². The number of rotatable bonds is 10. The second-order valence-corrected chi connectivity index (χ2v) is 6.31. The molecule has 0 saturated heterocycles. The first-order valence-electron chi connectivity index (χ1n) is 7.42. The number of nitrogens with one attached hydrogen (secondary N) is 1. The molecular weight excluding hydrogens is 366 g/mol. The summed E-state index contributed by atoms with van der Waals surface area (Å²) in [6.45, 7) is 3.43. The second kappa shape index (κ2) is 11.5. The Morgan fingerprint density at radius 3 is 2.72 bits per heavy atom. The van der Waals surface area contributed by atoms with Crippen molar-refractivity contribution in [3.63, 3.8) is 0 Å². The van der Waals surface area contributed by atoms with Gasteiger partial charge in [0.2, 0.25) is 0 Å². The van der Waals surface area contributed by atoms with Gasteiger partial charge in [-0.2, -0.15) is 0 Å². The fourth-order valence-corrected chi connectivity index (χ4v) is 3.05. The molecule has 1 aromatic rings. The van der Waals surface area contributed by atoms with Gasteiger partial charge < -0.3 is 14.8 Å². The molecule has 0 unspecified atom stereocenters. The van der Waals surface area contributed by atoms with Crippen LogP contribution in [-0.4, -0.2) is 43.4 Å². The number of hydrogen-bond donors (Lipinski definition) is 1. The predicted molar refractivity (Wildman–Crippen MR) is 97.7 cm³/mol. The molecule has 8 heteroatoms. The summed E-state index contributed by atoms with van der Waals surface area (Å²) in [6, 6.07) is 6.32. The number of Topliss-reactive ketones (excluding diaryl/α,β-unsaturated/α-hetero) is 1. The van der Waals surface area contributed by atoms with E-state index in [1.165, 1.54) is 24.9 Å². The van der Waals surface area contributed by atoms with Crippen molar-refractivity contribution in [1.29, 1.82) is 0 Å². The van der Waals surface area contributed by atoms with E-state index in [-0.39, 0.29) is 24.6 Å². The normalized spacial score (nSPS) is 11.3. The number of hydrogen-bond acceptors (Lipinski definition) is 6. The molecule has 1 N–H and O–H groups in total. The van der Waals surface area contributed by atoms with Crippen molar-refractivity contribution in [3.8, 4) is 0 Å². The zero-order valence-corrected chi connectivity index (χ0v) is 15.4.